The Morgan fingerprint density at radius 1 is 0.373 bits per heavy atom. The number of quaternary nitrogens is 1. The Morgan fingerprint density at radius 2 is 0.711 bits per heavy atom. The first-order valence-electron chi connectivity index (χ1n) is 34.0. The minimum absolute atomic E-state index is 0.119. The van der Waals surface area contributed by atoms with Gasteiger partial charge in [-0.3, -0.25) is 9.59 Å². The summed E-state index contributed by atoms with van der Waals surface area (Å²) in [4.78, 5) is 37.3. The van der Waals surface area contributed by atoms with E-state index in [1.54, 1.807) is 0 Å². The monoisotopic (exact) mass is 1160 g/mol. The lowest BCUT2D eigenvalue weighted by molar-refractivity contribution is -0.870. The summed E-state index contributed by atoms with van der Waals surface area (Å²) in [5, 5.41) is 11.8. The summed E-state index contributed by atoms with van der Waals surface area (Å²) in [5.74, 6) is -2.39. The molecule has 0 amide bonds. The lowest BCUT2D eigenvalue weighted by Crippen LogP contribution is -2.44. The fourth-order valence-corrected chi connectivity index (χ4v) is 9.34. The van der Waals surface area contributed by atoms with Crippen LogP contribution in [0.5, 0.6) is 0 Å². The summed E-state index contributed by atoms with van der Waals surface area (Å²) in [7, 11) is 5.90. The zero-order chi connectivity index (χ0) is 60.5. The molecular weight excluding hydrogens is 1030 g/mol. The van der Waals surface area contributed by atoms with Gasteiger partial charge in [0.1, 0.15) is 13.2 Å². The summed E-state index contributed by atoms with van der Waals surface area (Å²) < 4.78 is 22.6. The minimum atomic E-state index is -1.65. The van der Waals surface area contributed by atoms with Crippen molar-refractivity contribution in [1.82, 2.24) is 0 Å². The van der Waals surface area contributed by atoms with Crippen molar-refractivity contribution in [1.29, 1.82) is 0 Å². The molecular formula is C74H127NO8. The van der Waals surface area contributed by atoms with Crippen molar-refractivity contribution < 1.29 is 42.9 Å². The maximum atomic E-state index is 12.8. The van der Waals surface area contributed by atoms with Gasteiger partial charge in [-0.25, -0.2) is 0 Å². The van der Waals surface area contributed by atoms with Gasteiger partial charge in [-0.05, 0) is 89.9 Å². The normalized spacial score (nSPS) is 13.4. The fraction of sp³-hybridized carbons (Fsp3) is 0.716. The first-order chi connectivity index (χ1) is 40.6. The zero-order valence-corrected chi connectivity index (χ0v) is 54.3. The number of hydrogen-bond acceptors (Lipinski definition) is 8. The van der Waals surface area contributed by atoms with Crippen molar-refractivity contribution in [3.8, 4) is 0 Å². The third-order valence-corrected chi connectivity index (χ3v) is 14.5. The van der Waals surface area contributed by atoms with Crippen LogP contribution in [0.15, 0.2) is 109 Å². The molecule has 2 unspecified atom stereocenters. The second kappa shape index (κ2) is 64.0. The van der Waals surface area contributed by atoms with Gasteiger partial charge in [-0.15, -0.1) is 0 Å². The number of allylic oxidation sites excluding steroid dienone is 18. The molecule has 0 spiro atoms. The van der Waals surface area contributed by atoms with E-state index in [-0.39, 0.29) is 38.6 Å². The average Bonchev–Trinajstić information content (AvgIpc) is 3.46. The number of hydrogen-bond donors (Lipinski definition) is 0. The minimum Gasteiger partial charge on any atom is -0.545 e. The van der Waals surface area contributed by atoms with Crippen molar-refractivity contribution >= 4 is 17.9 Å². The van der Waals surface area contributed by atoms with Gasteiger partial charge < -0.3 is 33.3 Å². The highest BCUT2D eigenvalue weighted by Crippen LogP contribution is 2.17. The Labute approximate surface area is 511 Å². The Bertz CT molecular complexity index is 1730. The van der Waals surface area contributed by atoms with Crippen molar-refractivity contribution in [3.05, 3.63) is 109 Å². The number of carbonyl (C=O) groups excluding carboxylic acids is 3. The van der Waals surface area contributed by atoms with Crippen LogP contribution in [0, 0.1) is 0 Å². The number of esters is 2. The van der Waals surface area contributed by atoms with E-state index < -0.39 is 24.3 Å². The van der Waals surface area contributed by atoms with Gasteiger partial charge in [0.25, 0.3) is 0 Å². The number of carboxylic acids is 1. The first-order valence-corrected chi connectivity index (χ1v) is 34.0. The number of unbranched alkanes of at least 4 members (excludes halogenated alkanes) is 29. The molecule has 0 fully saturated rings. The molecule has 0 saturated carbocycles. The van der Waals surface area contributed by atoms with Crippen molar-refractivity contribution in [2.24, 2.45) is 0 Å². The Hall–Kier alpha value is -4.05. The second-order valence-corrected chi connectivity index (χ2v) is 23.7. The highest BCUT2D eigenvalue weighted by atomic mass is 16.7. The molecule has 2 atom stereocenters. The molecule has 0 aliphatic rings. The van der Waals surface area contributed by atoms with Crippen molar-refractivity contribution in [2.45, 2.75) is 296 Å². The summed E-state index contributed by atoms with van der Waals surface area (Å²) in [6.07, 6.45) is 86.4. The van der Waals surface area contributed by atoms with Gasteiger partial charge in [0.05, 0.1) is 40.3 Å². The number of aliphatic carboxylic acids is 1. The smallest absolute Gasteiger partial charge is 0.306 e. The van der Waals surface area contributed by atoms with E-state index in [1.165, 1.54) is 180 Å². The third-order valence-electron chi connectivity index (χ3n) is 14.5. The maximum absolute atomic E-state index is 12.8. The first kappa shape index (κ1) is 79.0. The quantitative estimate of drug-likeness (QED) is 0.0195. The van der Waals surface area contributed by atoms with E-state index in [1.807, 2.05) is 33.3 Å². The summed E-state index contributed by atoms with van der Waals surface area (Å²) in [5.41, 5.74) is 0. The van der Waals surface area contributed by atoms with Crippen LogP contribution in [0.25, 0.3) is 0 Å². The van der Waals surface area contributed by atoms with Crippen LogP contribution >= 0.6 is 0 Å². The van der Waals surface area contributed by atoms with Gasteiger partial charge >= 0.3 is 11.9 Å². The van der Waals surface area contributed by atoms with E-state index >= 15 is 0 Å². The standard InChI is InChI=1S/C74H127NO8/c1-6-8-10-12-14-16-18-20-22-24-26-27-28-29-30-31-32-33-34-35-36-37-38-39-40-41-42-43-44-45-47-48-50-52-54-56-58-60-62-64-71(76)81-68-70(69-82-74(73(78)79)80-67-66-75(3,4)5)83-72(77)65-63-61-59-57-55-53-51-49-46-25-23-21-19-17-15-13-11-9-7-2/h9,11,15,17-18,20-21,23-24,26,28-29,46,49,53,55,59,61,70,74H,6-8,10,12-14,16,19,22,25,27,30-45,47-48,50-52,54,56-58,60,62-69H2,1-5H3/b11-9-,17-15-,20-18-,23-21-,26-24-,29-28-,49-46-,55-53-,61-59-. The van der Waals surface area contributed by atoms with Crippen molar-refractivity contribution in [2.75, 3.05) is 47.5 Å². The highest BCUT2D eigenvalue weighted by molar-refractivity contribution is 5.70. The number of ether oxygens (including phenoxy) is 4. The van der Waals surface area contributed by atoms with E-state index in [0.29, 0.717) is 17.4 Å². The molecule has 9 heteroatoms. The summed E-state index contributed by atoms with van der Waals surface area (Å²) in [6.45, 7) is 4.54. The molecule has 0 bridgehead atoms. The molecule has 83 heavy (non-hydrogen) atoms. The number of carboxylic acid groups (broad SMARTS) is 1. The molecule has 0 rings (SSSR count). The third kappa shape index (κ3) is 65.3. The summed E-state index contributed by atoms with van der Waals surface area (Å²) in [6, 6.07) is 0. The van der Waals surface area contributed by atoms with E-state index in [2.05, 4.69) is 111 Å². The molecule has 0 aromatic carbocycles. The number of likely N-dealkylation sites (N-methyl/N-ethyl adjacent to an activating group) is 1. The molecule has 0 aliphatic carbocycles. The van der Waals surface area contributed by atoms with Crippen LogP contribution in [0.1, 0.15) is 284 Å². The Balaban J connectivity index is 4.05. The van der Waals surface area contributed by atoms with Gasteiger partial charge in [-0.1, -0.05) is 290 Å². The lowest BCUT2D eigenvalue weighted by atomic mass is 10.0. The van der Waals surface area contributed by atoms with Crippen LogP contribution in [0.4, 0.5) is 0 Å². The molecule has 0 radical (unpaired) electrons. The molecule has 0 aliphatic heterocycles. The number of rotatable bonds is 62. The lowest BCUT2D eigenvalue weighted by Gasteiger charge is -2.26. The topological polar surface area (TPSA) is 111 Å². The predicted octanol–water partition coefficient (Wildman–Crippen LogP) is 19.7. The largest absolute Gasteiger partial charge is 0.545 e. The SMILES string of the molecule is CC/C=C\C/C=C\C/C=C\C/C=C\C/C=C\C/C=C\CCC(=O)OC(COC(=O)CCCCCCCCCCCCCCCCCCCCCCCCCC/C=C\C/C=C\C/C=C\CCCCCCC)COC(OCC[N+](C)(C)C)C(=O)[O-]. The molecule has 0 aromatic heterocycles. The van der Waals surface area contributed by atoms with Gasteiger partial charge in [0, 0.05) is 12.8 Å². The van der Waals surface area contributed by atoms with Crippen LogP contribution in [0.2, 0.25) is 0 Å². The van der Waals surface area contributed by atoms with Crippen LogP contribution < -0.4 is 5.11 Å². The zero-order valence-electron chi connectivity index (χ0n) is 54.3. The van der Waals surface area contributed by atoms with Crippen LogP contribution in [0.3, 0.4) is 0 Å². The van der Waals surface area contributed by atoms with E-state index in [9.17, 15) is 19.5 Å². The van der Waals surface area contributed by atoms with Gasteiger partial charge in [0.2, 0.25) is 0 Å². The number of carbonyl (C=O) groups is 3. The maximum Gasteiger partial charge on any atom is 0.306 e. The molecule has 476 valence electrons. The van der Waals surface area contributed by atoms with Crippen molar-refractivity contribution in [3.63, 3.8) is 0 Å². The fourth-order valence-electron chi connectivity index (χ4n) is 9.34. The van der Waals surface area contributed by atoms with Crippen LogP contribution in [-0.4, -0.2) is 82.3 Å². The van der Waals surface area contributed by atoms with Crippen LogP contribution in [-0.2, 0) is 33.3 Å². The molecule has 0 aromatic rings. The molecule has 0 heterocycles. The van der Waals surface area contributed by atoms with E-state index in [4.69, 9.17) is 18.9 Å². The van der Waals surface area contributed by atoms with E-state index in [0.717, 1.165) is 70.6 Å². The Kier molecular flexibility index (Phi) is 60.8. The van der Waals surface area contributed by atoms with Gasteiger partial charge in [-0.2, -0.15) is 0 Å². The molecule has 0 N–H and O–H groups in total. The molecule has 0 saturated heterocycles. The predicted molar refractivity (Wildman–Crippen MR) is 352 cm³/mol. The second-order valence-electron chi connectivity index (χ2n) is 23.7. The summed E-state index contributed by atoms with van der Waals surface area (Å²) >= 11 is 0. The average molecular weight is 1160 g/mol. The highest BCUT2D eigenvalue weighted by Gasteiger charge is 2.22. The van der Waals surface area contributed by atoms with Gasteiger partial charge in [0.15, 0.2) is 12.4 Å². The molecule has 9 nitrogen and oxygen atoms in total. The Morgan fingerprint density at radius 3 is 1.07 bits per heavy atom. The number of nitrogens with zero attached hydrogens (tertiary/aromatic N) is 1.